The number of carboxylic acid groups (broad SMARTS) is 1. The van der Waals surface area contributed by atoms with Gasteiger partial charge in [-0.05, 0) is 44.9 Å². The van der Waals surface area contributed by atoms with Crippen molar-refractivity contribution in [3.63, 3.8) is 0 Å². The summed E-state index contributed by atoms with van der Waals surface area (Å²) in [4.78, 5) is 22.2. The first-order valence-corrected chi connectivity index (χ1v) is 7.23. The molecular formula is C15H21ClN2O4. The first-order chi connectivity index (χ1) is 10.1. The average Bonchev–Trinajstić information content (AvgIpc) is 2.33. The molecule has 0 aliphatic heterocycles. The van der Waals surface area contributed by atoms with E-state index < -0.39 is 23.7 Å². The van der Waals surface area contributed by atoms with E-state index in [1.807, 2.05) is 0 Å². The summed E-state index contributed by atoms with van der Waals surface area (Å²) in [7, 11) is 0. The van der Waals surface area contributed by atoms with Crippen LogP contribution < -0.4 is 11.1 Å². The topological polar surface area (TPSA) is 102 Å². The molecule has 0 aliphatic carbocycles. The smallest absolute Gasteiger partial charge is 0.412 e. The minimum Gasteiger partial charge on any atom is -0.481 e. The fourth-order valence-corrected chi connectivity index (χ4v) is 2.08. The number of benzene rings is 1. The first kappa shape index (κ1) is 18.3. The Morgan fingerprint density at radius 3 is 2.55 bits per heavy atom. The molecule has 0 saturated carbocycles. The van der Waals surface area contributed by atoms with Crippen LogP contribution in [0.5, 0.6) is 0 Å². The van der Waals surface area contributed by atoms with Gasteiger partial charge in [-0.25, -0.2) is 4.79 Å². The maximum absolute atomic E-state index is 11.7. The predicted molar refractivity (Wildman–Crippen MR) is 85.1 cm³/mol. The lowest BCUT2D eigenvalue weighted by Crippen LogP contribution is -2.27. The molecule has 6 nitrogen and oxygen atoms in total. The first-order valence-electron chi connectivity index (χ1n) is 6.85. The number of halogens is 1. The largest absolute Gasteiger partial charge is 0.481 e. The molecule has 1 amide bonds. The van der Waals surface area contributed by atoms with Gasteiger partial charge in [0.15, 0.2) is 0 Å². The normalized spacial score (nSPS) is 12.6. The minimum atomic E-state index is -0.908. The van der Waals surface area contributed by atoms with Crippen molar-refractivity contribution in [1.82, 2.24) is 0 Å². The van der Waals surface area contributed by atoms with Crippen molar-refractivity contribution in [2.45, 2.75) is 45.3 Å². The molecule has 22 heavy (non-hydrogen) atoms. The zero-order valence-corrected chi connectivity index (χ0v) is 13.6. The van der Waals surface area contributed by atoms with Gasteiger partial charge in [-0.1, -0.05) is 17.7 Å². The van der Waals surface area contributed by atoms with E-state index >= 15 is 0 Å². The lowest BCUT2D eigenvalue weighted by atomic mass is 10.0. The zero-order valence-electron chi connectivity index (χ0n) is 12.9. The number of carbonyl (C=O) groups is 2. The van der Waals surface area contributed by atoms with Gasteiger partial charge in [0, 0.05) is 23.2 Å². The predicted octanol–water partition coefficient (Wildman–Crippen LogP) is 3.55. The van der Waals surface area contributed by atoms with Crippen LogP contribution in [0.4, 0.5) is 10.5 Å². The van der Waals surface area contributed by atoms with E-state index in [0.29, 0.717) is 16.3 Å². The number of carbonyl (C=O) groups excluding carboxylic acids is 1. The molecule has 122 valence electrons. The van der Waals surface area contributed by atoms with Crippen LogP contribution in [0.1, 0.15) is 45.2 Å². The number of nitrogens with two attached hydrogens (primary N) is 1. The number of hydrogen-bond donors (Lipinski definition) is 3. The van der Waals surface area contributed by atoms with Crippen LogP contribution in [0.15, 0.2) is 18.2 Å². The maximum atomic E-state index is 11.7. The fraction of sp³-hybridized carbons (Fsp3) is 0.467. The van der Waals surface area contributed by atoms with E-state index in [1.165, 1.54) is 0 Å². The molecule has 1 aromatic rings. The molecule has 0 fully saturated rings. The second-order valence-electron chi connectivity index (χ2n) is 5.90. The lowest BCUT2D eigenvalue weighted by molar-refractivity contribution is -0.137. The number of carboxylic acids is 1. The van der Waals surface area contributed by atoms with E-state index in [4.69, 9.17) is 27.2 Å². The number of ether oxygens (including phenoxy) is 1. The summed E-state index contributed by atoms with van der Waals surface area (Å²) in [6, 6.07) is 4.40. The van der Waals surface area contributed by atoms with Crippen LogP contribution in [-0.4, -0.2) is 22.8 Å². The molecule has 0 heterocycles. The Hall–Kier alpha value is -1.79. The van der Waals surface area contributed by atoms with Crippen LogP contribution in [0, 0.1) is 0 Å². The summed E-state index contributed by atoms with van der Waals surface area (Å²) in [6.07, 6.45) is -0.324. The lowest BCUT2D eigenvalue weighted by Gasteiger charge is -2.20. The Morgan fingerprint density at radius 1 is 1.41 bits per heavy atom. The number of amides is 1. The van der Waals surface area contributed by atoms with Gasteiger partial charge in [0.1, 0.15) is 5.60 Å². The molecule has 4 N–H and O–H groups in total. The van der Waals surface area contributed by atoms with Crippen molar-refractivity contribution in [2.75, 3.05) is 5.32 Å². The highest BCUT2D eigenvalue weighted by molar-refractivity contribution is 6.31. The van der Waals surface area contributed by atoms with E-state index in [-0.39, 0.29) is 12.8 Å². The van der Waals surface area contributed by atoms with Crippen LogP contribution in [0.25, 0.3) is 0 Å². The van der Waals surface area contributed by atoms with Crippen LogP contribution >= 0.6 is 11.6 Å². The molecule has 0 spiro atoms. The van der Waals surface area contributed by atoms with Gasteiger partial charge < -0.3 is 15.6 Å². The number of anilines is 1. The van der Waals surface area contributed by atoms with Gasteiger partial charge in [0.2, 0.25) is 0 Å². The highest BCUT2D eigenvalue weighted by Crippen LogP contribution is 2.27. The van der Waals surface area contributed by atoms with Crippen molar-refractivity contribution in [2.24, 2.45) is 5.73 Å². The van der Waals surface area contributed by atoms with Crippen molar-refractivity contribution < 1.29 is 19.4 Å². The molecule has 7 heteroatoms. The van der Waals surface area contributed by atoms with Crippen molar-refractivity contribution in [1.29, 1.82) is 0 Å². The second-order valence-corrected chi connectivity index (χ2v) is 6.31. The molecule has 0 aromatic heterocycles. The van der Waals surface area contributed by atoms with E-state index in [1.54, 1.807) is 39.0 Å². The highest BCUT2D eigenvalue weighted by atomic mass is 35.5. The number of hydrogen-bond acceptors (Lipinski definition) is 4. The average molecular weight is 329 g/mol. The summed E-state index contributed by atoms with van der Waals surface area (Å²) in [5.74, 6) is -0.908. The quantitative estimate of drug-likeness (QED) is 0.767. The fourth-order valence-electron chi connectivity index (χ4n) is 1.76. The monoisotopic (exact) mass is 328 g/mol. The zero-order chi connectivity index (χ0) is 16.9. The van der Waals surface area contributed by atoms with E-state index in [9.17, 15) is 9.59 Å². The molecule has 1 atom stereocenters. The van der Waals surface area contributed by atoms with Gasteiger partial charge in [-0.2, -0.15) is 0 Å². The van der Waals surface area contributed by atoms with E-state index in [0.717, 1.165) is 0 Å². The molecule has 1 aromatic carbocycles. The van der Waals surface area contributed by atoms with E-state index in [2.05, 4.69) is 5.32 Å². The molecule has 0 saturated heterocycles. The molecule has 1 unspecified atom stereocenters. The Balaban J connectivity index is 2.73. The van der Waals surface area contributed by atoms with Gasteiger partial charge in [-0.3, -0.25) is 10.1 Å². The maximum Gasteiger partial charge on any atom is 0.412 e. The summed E-state index contributed by atoms with van der Waals surface area (Å²) in [6.45, 7) is 5.30. The summed E-state index contributed by atoms with van der Waals surface area (Å²) in [5, 5.41) is 11.6. The molecular weight excluding hydrogens is 308 g/mol. The Bertz CT molecular complexity index is 555. The molecule has 0 aliphatic rings. The number of nitrogens with one attached hydrogen (secondary N) is 1. The Labute approximate surface area is 134 Å². The van der Waals surface area contributed by atoms with Gasteiger partial charge in [0.05, 0.1) is 0 Å². The third-order valence-corrected chi connectivity index (χ3v) is 3.04. The van der Waals surface area contributed by atoms with Crippen LogP contribution in [0.3, 0.4) is 0 Å². The second kappa shape index (κ2) is 7.47. The van der Waals surface area contributed by atoms with Crippen LogP contribution in [0.2, 0.25) is 5.02 Å². The number of rotatable bonds is 5. The van der Waals surface area contributed by atoms with Crippen molar-refractivity contribution >= 4 is 29.4 Å². The molecule has 1 rings (SSSR count). The van der Waals surface area contributed by atoms with Crippen LogP contribution in [-0.2, 0) is 9.53 Å². The minimum absolute atomic E-state index is 0.0323. The Kier molecular flexibility index (Phi) is 6.20. The van der Waals surface area contributed by atoms with Crippen molar-refractivity contribution in [3.8, 4) is 0 Å². The summed E-state index contributed by atoms with van der Waals surface area (Å²) >= 11 is 6.14. The Morgan fingerprint density at radius 2 is 2.05 bits per heavy atom. The van der Waals surface area contributed by atoms with Gasteiger partial charge in [-0.15, -0.1) is 0 Å². The summed E-state index contributed by atoms with van der Waals surface area (Å²) < 4.78 is 5.14. The van der Waals surface area contributed by atoms with Gasteiger partial charge in [0.25, 0.3) is 0 Å². The third kappa shape index (κ3) is 6.32. The number of aliphatic carboxylic acids is 1. The standard InChI is InChI=1S/C15H21ClN2O4/c1-15(2,3)22-14(21)18-9-4-5-10(11(16)8-9)12(17)6-7-13(19)20/h4-5,8,12H,6-7,17H2,1-3H3,(H,18,21)(H,19,20). The summed E-state index contributed by atoms with van der Waals surface area (Å²) in [5.41, 5.74) is 6.45. The third-order valence-electron chi connectivity index (χ3n) is 2.71. The SMILES string of the molecule is CC(C)(C)OC(=O)Nc1ccc(C(N)CCC(=O)O)c(Cl)c1. The molecule has 0 bridgehead atoms. The van der Waals surface area contributed by atoms with Gasteiger partial charge >= 0.3 is 12.1 Å². The molecule has 0 radical (unpaired) electrons. The van der Waals surface area contributed by atoms with Crippen molar-refractivity contribution in [3.05, 3.63) is 28.8 Å². The highest BCUT2D eigenvalue weighted by Gasteiger charge is 2.17.